The van der Waals surface area contributed by atoms with Crippen molar-refractivity contribution in [3.05, 3.63) is 54.2 Å². The summed E-state index contributed by atoms with van der Waals surface area (Å²) in [7, 11) is 0. The molecule has 0 bridgehead atoms. The second-order valence-corrected chi connectivity index (χ2v) is 7.00. The molecule has 1 aliphatic rings. The lowest BCUT2D eigenvalue weighted by molar-refractivity contribution is 0.144. The molecule has 128 valence electrons. The summed E-state index contributed by atoms with van der Waals surface area (Å²) in [5.74, 6) is 0. The molecule has 2 aromatic rings. The molecule has 3 rings (SSSR count). The van der Waals surface area contributed by atoms with Crippen molar-refractivity contribution in [2.45, 2.75) is 64.5 Å². The van der Waals surface area contributed by atoms with Crippen molar-refractivity contribution in [3.63, 3.8) is 0 Å². The lowest BCUT2D eigenvalue weighted by atomic mass is 9.94. The number of hydrogen-bond donors (Lipinski definition) is 0. The zero-order valence-corrected chi connectivity index (χ0v) is 15.0. The molecule has 0 atom stereocenters. The van der Waals surface area contributed by atoms with E-state index in [0.717, 1.165) is 18.3 Å². The molecule has 1 fully saturated rings. The van der Waals surface area contributed by atoms with Crippen molar-refractivity contribution in [1.82, 2.24) is 9.88 Å². The van der Waals surface area contributed by atoms with Crippen LogP contribution in [0.5, 0.6) is 0 Å². The van der Waals surface area contributed by atoms with Crippen LogP contribution < -0.4 is 0 Å². The lowest BCUT2D eigenvalue weighted by Gasteiger charge is -2.34. The van der Waals surface area contributed by atoms with Gasteiger partial charge < -0.3 is 0 Å². The maximum atomic E-state index is 4.94. The van der Waals surface area contributed by atoms with Crippen LogP contribution in [-0.4, -0.2) is 22.5 Å². The number of rotatable bonds is 7. The van der Waals surface area contributed by atoms with E-state index < -0.39 is 0 Å². The fourth-order valence-electron chi connectivity index (χ4n) is 3.74. The first-order valence-corrected chi connectivity index (χ1v) is 9.62. The van der Waals surface area contributed by atoms with Crippen molar-refractivity contribution >= 4 is 0 Å². The second-order valence-electron chi connectivity index (χ2n) is 7.00. The fraction of sp³-hybridized carbons (Fsp3) is 0.500. The van der Waals surface area contributed by atoms with Crippen LogP contribution in [0.15, 0.2) is 48.5 Å². The SMILES string of the molecule is CCCCN(Cc1cccc(-c2ccccc2)n1)C1CCCCC1. The summed E-state index contributed by atoms with van der Waals surface area (Å²) in [6.07, 6.45) is 9.48. The van der Waals surface area contributed by atoms with Crippen LogP contribution in [-0.2, 0) is 6.54 Å². The van der Waals surface area contributed by atoms with Crippen LogP contribution in [0, 0.1) is 0 Å². The summed E-state index contributed by atoms with van der Waals surface area (Å²) in [6.45, 7) is 4.48. The maximum absolute atomic E-state index is 4.94. The van der Waals surface area contributed by atoms with E-state index in [1.807, 2.05) is 0 Å². The quantitative estimate of drug-likeness (QED) is 0.651. The topological polar surface area (TPSA) is 16.1 Å². The van der Waals surface area contributed by atoms with E-state index in [1.54, 1.807) is 0 Å². The first kappa shape index (κ1) is 17.2. The molecule has 24 heavy (non-hydrogen) atoms. The highest BCUT2D eigenvalue weighted by molar-refractivity contribution is 5.58. The van der Waals surface area contributed by atoms with Crippen LogP contribution in [0.1, 0.15) is 57.6 Å². The number of pyridine rings is 1. The third kappa shape index (κ3) is 4.67. The zero-order chi connectivity index (χ0) is 16.6. The van der Waals surface area contributed by atoms with Crippen LogP contribution in [0.25, 0.3) is 11.3 Å². The van der Waals surface area contributed by atoms with Crippen molar-refractivity contribution in [1.29, 1.82) is 0 Å². The predicted molar refractivity (Wildman–Crippen MR) is 102 cm³/mol. The summed E-state index contributed by atoms with van der Waals surface area (Å²) in [6, 6.07) is 17.7. The first-order valence-electron chi connectivity index (χ1n) is 9.62. The monoisotopic (exact) mass is 322 g/mol. The van der Waals surface area contributed by atoms with Gasteiger partial charge in [-0.15, -0.1) is 0 Å². The Morgan fingerprint density at radius 2 is 1.75 bits per heavy atom. The lowest BCUT2D eigenvalue weighted by Crippen LogP contribution is -2.37. The van der Waals surface area contributed by atoms with Crippen LogP contribution in [0.2, 0.25) is 0 Å². The number of unbranched alkanes of at least 4 members (excludes halogenated alkanes) is 1. The molecule has 1 aromatic carbocycles. The molecule has 0 amide bonds. The highest BCUT2D eigenvalue weighted by Gasteiger charge is 2.21. The zero-order valence-electron chi connectivity index (χ0n) is 15.0. The minimum Gasteiger partial charge on any atom is -0.295 e. The number of benzene rings is 1. The Hall–Kier alpha value is -1.67. The Balaban J connectivity index is 1.74. The summed E-state index contributed by atoms with van der Waals surface area (Å²) < 4.78 is 0. The highest BCUT2D eigenvalue weighted by atomic mass is 15.2. The molecule has 1 aromatic heterocycles. The van der Waals surface area contributed by atoms with Gasteiger partial charge in [-0.1, -0.05) is 69.0 Å². The van der Waals surface area contributed by atoms with E-state index in [1.165, 1.54) is 62.7 Å². The van der Waals surface area contributed by atoms with E-state index in [-0.39, 0.29) is 0 Å². The molecule has 0 unspecified atom stereocenters. The van der Waals surface area contributed by atoms with Gasteiger partial charge in [-0.05, 0) is 37.9 Å². The van der Waals surface area contributed by atoms with Crippen molar-refractivity contribution in [2.24, 2.45) is 0 Å². The molecule has 2 heteroatoms. The van der Waals surface area contributed by atoms with Gasteiger partial charge in [0.15, 0.2) is 0 Å². The average Bonchev–Trinajstić information content (AvgIpc) is 2.67. The minimum atomic E-state index is 0.757. The Morgan fingerprint density at radius 3 is 2.50 bits per heavy atom. The van der Waals surface area contributed by atoms with Crippen molar-refractivity contribution in [3.8, 4) is 11.3 Å². The largest absolute Gasteiger partial charge is 0.295 e. The molecular formula is C22H30N2. The van der Waals surface area contributed by atoms with Gasteiger partial charge in [0.1, 0.15) is 0 Å². The molecule has 0 aliphatic heterocycles. The molecule has 1 aliphatic carbocycles. The molecule has 0 radical (unpaired) electrons. The summed E-state index contributed by atoms with van der Waals surface area (Å²) >= 11 is 0. The molecular weight excluding hydrogens is 292 g/mol. The van der Waals surface area contributed by atoms with Crippen molar-refractivity contribution < 1.29 is 0 Å². The number of nitrogens with zero attached hydrogens (tertiary/aromatic N) is 2. The van der Waals surface area contributed by atoms with E-state index in [9.17, 15) is 0 Å². The van der Waals surface area contributed by atoms with Crippen LogP contribution in [0.4, 0.5) is 0 Å². The highest BCUT2D eigenvalue weighted by Crippen LogP contribution is 2.25. The van der Waals surface area contributed by atoms with E-state index in [2.05, 4.69) is 60.4 Å². The van der Waals surface area contributed by atoms with Crippen LogP contribution >= 0.6 is 0 Å². The van der Waals surface area contributed by atoms with E-state index in [4.69, 9.17) is 4.98 Å². The van der Waals surface area contributed by atoms with Gasteiger partial charge in [0.05, 0.1) is 11.4 Å². The second kappa shape index (κ2) is 8.98. The number of aromatic nitrogens is 1. The molecule has 1 heterocycles. The van der Waals surface area contributed by atoms with Crippen LogP contribution in [0.3, 0.4) is 0 Å². The summed E-state index contributed by atoms with van der Waals surface area (Å²) in [5, 5.41) is 0. The average molecular weight is 322 g/mol. The third-order valence-corrected chi connectivity index (χ3v) is 5.13. The first-order chi connectivity index (χ1) is 11.9. The third-order valence-electron chi connectivity index (χ3n) is 5.13. The number of hydrogen-bond acceptors (Lipinski definition) is 2. The molecule has 0 spiro atoms. The molecule has 2 nitrogen and oxygen atoms in total. The van der Waals surface area contributed by atoms with E-state index >= 15 is 0 Å². The van der Waals surface area contributed by atoms with Gasteiger partial charge >= 0.3 is 0 Å². The summed E-state index contributed by atoms with van der Waals surface area (Å²) in [5.41, 5.74) is 3.50. The predicted octanol–water partition coefficient (Wildman–Crippen LogP) is 5.68. The Morgan fingerprint density at radius 1 is 0.958 bits per heavy atom. The minimum absolute atomic E-state index is 0.757. The Kier molecular flexibility index (Phi) is 6.42. The van der Waals surface area contributed by atoms with Gasteiger partial charge in [-0.25, -0.2) is 0 Å². The maximum Gasteiger partial charge on any atom is 0.0705 e. The van der Waals surface area contributed by atoms with Gasteiger partial charge in [-0.2, -0.15) is 0 Å². The molecule has 1 saturated carbocycles. The van der Waals surface area contributed by atoms with Crippen molar-refractivity contribution in [2.75, 3.05) is 6.54 Å². The standard InChI is InChI=1S/C22H30N2/c1-2-3-17-24(21-14-8-5-9-15-21)18-20-13-10-16-22(23-20)19-11-6-4-7-12-19/h4,6-7,10-13,16,21H,2-3,5,8-9,14-15,17-18H2,1H3. The normalized spacial score (nSPS) is 15.8. The van der Waals surface area contributed by atoms with Gasteiger partial charge in [0.25, 0.3) is 0 Å². The van der Waals surface area contributed by atoms with Gasteiger partial charge in [-0.3, -0.25) is 9.88 Å². The smallest absolute Gasteiger partial charge is 0.0705 e. The fourth-order valence-corrected chi connectivity index (χ4v) is 3.74. The molecule has 0 N–H and O–H groups in total. The van der Waals surface area contributed by atoms with Gasteiger partial charge in [0.2, 0.25) is 0 Å². The Labute approximate surface area is 146 Å². The van der Waals surface area contributed by atoms with E-state index in [0.29, 0.717) is 0 Å². The Bertz CT molecular complexity index is 602. The van der Waals surface area contributed by atoms with Gasteiger partial charge in [0, 0.05) is 18.2 Å². The molecule has 0 saturated heterocycles. The summed E-state index contributed by atoms with van der Waals surface area (Å²) in [4.78, 5) is 7.64.